The zero-order valence-corrected chi connectivity index (χ0v) is 11.0. The van der Waals surface area contributed by atoms with Crippen LogP contribution < -0.4 is 0 Å². The Bertz CT molecular complexity index is 460. The first-order valence-corrected chi connectivity index (χ1v) is 5.95. The monoisotopic (exact) mass is 272 g/mol. The van der Waals surface area contributed by atoms with Crippen LogP contribution in [0.15, 0.2) is 18.2 Å². The first-order chi connectivity index (χ1) is 8.47. The van der Waals surface area contributed by atoms with E-state index in [1.54, 1.807) is 13.0 Å². The van der Waals surface area contributed by atoms with Gasteiger partial charge in [0.1, 0.15) is 17.5 Å². The van der Waals surface area contributed by atoms with E-state index >= 15 is 0 Å². The van der Waals surface area contributed by atoms with E-state index in [0.717, 1.165) is 0 Å². The summed E-state index contributed by atoms with van der Waals surface area (Å²) in [6, 6.07) is 4.48. The molecule has 1 unspecified atom stereocenters. The highest BCUT2D eigenvalue weighted by Gasteiger charge is 2.26. The van der Waals surface area contributed by atoms with Crippen molar-refractivity contribution >= 4 is 23.4 Å². The topological polar surface area (TPSA) is 43.4 Å². The maximum Gasteiger partial charge on any atom is 0.316 e. The fourth-order valence-electron chi connectivity index (χ4n) is 1.56. The lowest BCUT2D eigenvalue weighted by atomic mass is 9.95. The van der Waals surface area contributed by atoms with Gasteiger partial charge in [0.2, 0.25) is 0 Å². The van der Waals surface area contributed by atoms with Crippen molar-refractivity contribution in [3.63, 3.8) is 0 Å². The minimum absolute atomic E-state index is 0.0290. The van der Waals surface area contributed by atoms with Crippen LogP contribution in [0.2, 0.25) is 5.02 Å². The number of esters is 1. The van der Waals surface area contributed by atoms with Gasteiger partial charge in [-0.05, 0) is 31.9 Å². The molecule has 0 radical (unpaired) electrons. The molecule has 3 nitrogen and oxygen atoms in total. The highest BCUT2D eigenvalue weighted by molar-refractivity contribution is 6.30. The second-order valence-electron chi connectivity index (χ2n) is 3.83. The predicted octanol–water partition coefficient (Wildman–Crippen LogP) is 2.79. The van der Waals surface area contributed by atoms with E-state index in [1.807, 2.05) is 0 Å². The van der Waals surface area contributed by atoms with E-state index in [9.17, 15) is 14.0 Å². The lowest BCUT2D eigenvalue weighted by Crippen LogP contribution is -2.26. The maximum atomic E-state index is 13.7. The van der Waals surface area contributed by atoms with E-state index in [-0.39, 0.29) is 29.4 Å². The Morgan fingerprint density at radius 3 is 2.67 bits per heavy atom. The van der Waals surface area contributed by atoms with Crippen molar-refractivity contribution in [2.75, 3.05) is 6.61 Å². The molecule has 18 heavy (non-hydrogen) atoms. The summed E-state index contributed by atoms with van der Waals surface area (Å²) in [5.41, 5.74) is 0.232. The van der Waals surface area contributed by atoms with E-state index in [0.29, 0.717) is 0 Å². The third kappa shape index (κ3) is 3.53. The molecule has 1 atom stereocenters. The van der Waals surface area contributed by atoms with Crippen LogP contribution in [0, 0.1) is 11.7 Å². The van der Waals surface area contributed by atoms with E-state index in [2.05, 4.69) is 0 Å². The molecule has 0 heterocycles. The SMILES string of the molecule is CCOC(=O)C(Cc1cccc(Cl)c1F)C(C)=O. The minimum Gasteiger partial charge on any atom is -0.465 e. The molecule has 0 N–H and O–H groups in total. The van der Waals surface area contributed by atoms with Gasteiger partial charge in [0.05, 0.1) is 11.6 Å². The Kier molecular flexibility index (Phi) is 5.28. The first kappa shape index (κ1) is 14.6. The maximum absolute atomic E-state index is 13.7. The molecule has 1 aromatic rings. The van der Waals surface area contributed by atoms with Crippen molar-refractivity contribution in [3.05, 3.63) is 34.6 Å². The number of carbonyl (C=O) groups is 2. The van der Waals surface area contributed by atoms with Crippen LogP contribution in [0.5, 0.6) is 0 Å². The molecular formula is C13H14ClFO3. The van der Waals surface area contributed by atoms with Gasteiger partial charge in [0.25, 0.3) is 0 Å². The van der Waals surface area contributed by atoms with Gasteiger partial charge in [-0.2, -0.15) is 0 Å². The van der Waals surface area contributed by atoms with Gasteiger partial charge in [-0.25, -0.2) is 4.39 Å². The van der Waals surface area contributed by atoms with Crippen LogP contribution >= 0.6 is 11.6 Å². The number of carbonyl (C=O) groups excluding carboxylic acids is 2. The smallest absolute Gasteiger partial charge is 0.316 e. The molecule has 0 saturated heterocycles. The van der Waals surface area contributed by atoms with Crippen molar-refractivity contribution in [3.8, 4) is 0 Å². The summed E-state index contributed by atoms with van der Waals surface area (Å²) in [6.45, 7) is 3.11. The van der Waals surface area contributed by atoms with Gasteiger partial charge in [-0.3, -0.25) is 9.59 Å². The summed E-state index contributed by atoms with van der Waals surface area (Å²) in [5, 5.41) is -0.0290. The number of hydrogen-bond donors (Lipinski definition) is 0. The molecular weight excluding hydrogens is 259 g/mol. The zero-order valence-electron chi connectivity index (χ0n) is 10.2. The Balaban J connectivity index is 2.94. The Morgan fingerprint density at radius 1 is 1.44 bits per heavy atom. The van der Waals surface area contributed by atoms with Crippen LogP contribution in [0.1, 0.15) is 19.4 Å². The summed E-state index contributed by atoms with van der Waals surface area (Å²) in [4.78, 5) is 23.0. The average molecular weight is 273 g/mol. The quantitative estimate of drug-likeness (QED) is 0.611. The van der Waals surface area contributed by atoms with Crippen LogP contribution in [0.4, 0.5) is 4.39 Å². The number of benzene rings is 1. The van der Waals surface area contributed by atoms with Crippen LogP contribution in [-0.4, -0.2) is 18.4 Å². The molecule has 0 spiro atoms. The van der Waals surface area contributed by atoms with Crippen LogP contribution in [0.3, 0.4) is 0 Å². The van der Waals surface area contributed by atoms with E-state index in [1.165, 1.54) is 19.1 Å². The molecule has 0 fully saturated rings. The Labute approximate surface area is 110 Å². The Morgan fingerprint density at radius 2 is 2.11 bits per heavy atom. The number of Topliss-reactive ketones (excluding diaryl/α,β-unsaturated/α-hetero) is 1. The lowest BCUT2D eigenvalue weighted by Gasteiger charge is -2.13. The molecule has 5 heteroatoms. The van der Waals surface area contributed by atoms with Gasteiger partial charge in [0, 0.05) is 0 Å². The predicted molar refractivity (Wildman–Crippen MR) is 65.9 cm³/mol. The number of ketones is 1. The molecule has 0 saturated carbocycles. The van der Waals surface area contributed by atoms with Gasteiger partial charge >= 0.3 is 5.97 Å². The summed E-state index contributed by atoms with van der Waals surface area (Å²) in [7, 11) is 0. The van der Waals surface area contributed by atoms with Gasteiger partial charge in [-0.15, -0.1) is 0 Å². The van der Waals surface area contributed by atoms with Gasteiger partial charge < -0.3 is 4.74 Å². The minimum atomic E-state index is -0.988. The van der Waals surface area contributed by atoms with Crippen molar-refractivity contribution in [2.45, 2.75) is 20.3 Å². The van der Waals surface area contributed by atoms with Crippen molar-refractivity contribution in [1.82, 2.24) is 0 Å². The molecule has 1 rings (SSSR count). The molecule has 0 aliphatic rings. The van der Waals surface area contributed by atoms with Crippen molar-refractivity contribution < 1.29 is 18.7 Å². The number of halogens is 2. The normalized spacial score (nSPS) is 12.0. The zero-order chi connectivity index (χ0) is 13.7. The second-order valence-corrected chi connectivity index (χ2v) is 4.24. The molecule has 0 aliphatic heterocycles. The molecule has 98 valence electrons. The fraction of sp³-hybridized carbons (Fsp3) is 0.385. The molecule has 0 bridgehead atoms. The van der Waals surface area contributed by atoms with Crippen molar-refractivity contribution in [2.24, 2.45) is 5.92 Å². The summed E-state index contributed by atoms with van der Waals surface area (Å²) in [5.74, 6) is -2.58. The molecule has 0 amide bonds. The third-order valence-corrected chi connectivity index (χ3v) is 2.81. The van der Waals surface area contributed by atoms with Crippen LogP contribution in [-0.2, 0) is 20.7 Å². The van der Waals surface area contributed by atoms with E-state index in [4.69, 9.17) is 16.3 Å². The molecule has 0 aliphatic carbocycles. The number of ether oxygens (including phenoxy) is 1. The highest BCUT2D eigenvalue weighted by atomic mass is 35.5. The van der Waals surface area contributed by atoms with E-state index < -0.39 is 17.7 Å². The number of rotatable bonds is 5. The largest absolute Gasteiger partial charge is 0.465 e. The third-order valence-electron chi connectivity index (χ3n) is 2.52. The Hall–Kier alpha value is -1.42. The summed E-state index contributed by atoms with van der Waals surface area (Å²) in [6.07, 6.45) is -0.0411. The van der Waals surface area contributed by atoms with Gasteiger partial charge in [-0.1, -0.05) is 23.7 Å². The van der Waals surface area contributed by atoms with Crippen molar-refractivity contribution in [1.29, 1.82) is 0 Å². The van der Waals surface area contributed by atoms with Gasteiger partial charge in [0.15, 0.2) is 0 Å². The summed E-state index contributed by atoms with van der Waals surface area (Å²) < 4.78 is 18.5. The van der Waals surface area contributed by atoms with Crippen LogP contribution in [0.25, 0.3) is 0 Å². The second kappa shape index (κ2) is 6.50. The summed E-state index contributed by atoms with van der Waals surface area (Å²) >= 11 is 5.64. The number of hydrogen-bond acceptors (Lipinski definition) is 3. The lowest BCUT2D eigenvalue weighted by molar-refractivity contribution is -0.151. The standard InChI is InChI=1S/C13H14ClFO3/c1-3-18-13(17)10(8(2)16)7-9-5-4-6-11(14)12(9)15/h4-6,10H,3,7H2,1-2H3. The first-order valence-electron chi connectivity index (χ1n) is 5.57. The average Bonchev–Trinajstić information content (AvgIpc) is 2.30. The molecule has 0 aromatic heterocycles. The molecule has 1 aromatic carbocycles. The highest BCUT2D eigenvalue weighted by Crippen LogP contribution is 2.21. The fourth-order valence-corrected chi connectivity index (χ4v) is 1.76.